The zero-order valence-electron chi connectivity index (χ0n) is 7.75. The summed E-state index contributed by atoms with van der Waals surface area (Å²) in [5, 5.41) is 3.37. The number of rotatable bonds is 3. The Kier molecular flexibility index (Phi) is 2.14. The van der Waals surface area contributed by atoms with Crippen LogP contribution in [-0.4, -0.2) is 16.0 Å². The van der Waals surface area contributed by atoms with Crippen LogP contribution in [0.3, 0.4) is 0 Å². The molecule has 1 fully saturated rings. The van der Waals surface area contributed by atoms with Gasteiger partial charge in [0.2, 0.25) is 0 Å². The van der Waals surface area contributed by atoms with Crippen LogP contribution in [0.15, 0.2) is 6.20 Å². The largest absolute Gasteiger partial charge is 0.383 e. The van der Waals surface area contributed by atoms with Gasteiger partial charge in [-0.3, -0.25) is 0 Å². The van der Waals surface area contributed by atoms with Crippen molar-refractivity contribution >= 4 is 5.82 Å². The highest BCUT2D eigenvalue weighted by Crippen LogP contribution is 2.19. The first-order chi connectivity index (χ1) is 6.25. The van der Waals surface area contributed by atoms with Crippen LogP contribution >= 0.6 is 0 Å². The Morgan fingerprint density at radius 2 is 2.38 bits per heavy atom. The van der Waals surface area contributed by atoms with Crippen LogP contribution in [0.1, 0.15) is 24.2 Å². The van der Waals surface area contributed by atoms with Gasteiger partial charge in [0.05, 0.1) is 0 Å². The summed E-state index contributed by atoms with van der Waals surface area (Å²) in [6.07, 6.45) is 4.37. The van der Waals surface area contributed by atoms with Crippen molar-refractivity contribution < 1.29 is 0 Å². The second kappa shape index (κ2) is 3.30. The Labute approximate surface area is 77.6 Å². The van der Waals surface area contributed by atoms with E-state index in [0.29, 0.717) is 11.9 Å². The quantitative estimate of drug-likeness (QED) is 0.712. The van der Waals surface area contributed by atoms with Crippen molar-refractivity contribution in [2.75, 3.05) is 5.73 Å². The molecule has 0 unspecified atom stereocenters. The van der Waals surface area contributed by atoms with Crippen molar-refractivity contribution in [2.45, 2.75) is 32.4 Å². The van der Waals surface area contributed by atoms with Gasteiger partial charge in [-0.15, -0.1) is 0 Å². The van der Waals surface area contributed by atoms with E-state index < -0.39 is 0 Å². The molecule has 0 radical (unpaired) electrons. The normalized spacial score (nSPS) is 16.1. The van der Waals surface area contributed by atoms with Crippen LogP contribution in [0.4, 0.5) is 5.82 Å². The average Bonchev–Trinajstić information content (AvgIpc) is 2.86. The molecule has 1 aliphatic rings. The third kappa shape index (κ3) is 2.15. The van der Waals surface area contributed by atoms with Gasteiger partial charge in [0.25, 0.3) is 0 Å². The zero-order chi connectivity index (χ0) is 9.26. The van der Waals surface area contributed by atoms with E-state index >= 15 is 0 Å². The van der Waals surface area contributed by atoms with Crippen molar-refractivity contribution in [2.24, 2.45) is 0 Å². The summed E-state index contributed by atoms with van der Waals surface area (Å²) in [6, 6.07) is 0.695. The van der Waals surface area contributed by atoms with Crippen molar-refractivity contribution in [3.8, 4) is 0 Å². The van der Waals surface area contributed by atoms with E-state index in [9.17, 15) is 0 Å². The molecular formula is C9H14N4. The van der Waals surface area contributed by atoms with Gasteiger partial charge >= 0.3 is 0 Å². The van der Waals surface area contributed by atoms with Crippen molar-refractivity contribution in [3.63, 3.8) is 0 Å². The summed E-state index contributed by atoms with van der Waals surface area (Å²) in [5.41, 5.74) is 6.73. The highest BCUT2D eigenvalue weighted by molar-refractivity contribution is 5.37. The molecule has 0 spiro atoms. The lowest BCUT2D eigenvalue weighted by atomic mass is 10.3. The molecule has 0 atom stereocenters. The Morgan fingerprint density at radius 3 is 3.00 bits per heavy atom. The Balaban J connectivity index is 2.01. The minimum atomic E-state index is 0.598. The van der Waals surface area contributed by atoms with Crippen LogP contribution < -0.4 is 11.1 Å². The third-order valence-electron chi connectivity index (χ3n) is 2.18. The molecule has 4 nitrogen and oxygen atoms in total. The highest BCUT2D eigenvalue weighted by Gasteiger charge is 2.20. The van der Waals surface area contributed by atoms with E-state index in [1.165, 1.54) is 12.8 Å². The number of nitrogen functional groups attached to an aromatic ring is 1. The van der Waals surface area contributed by atoms with Gasteiger partial charge < -0.3 is 11.1 Å². The minimum Gasteiger partial charge on any atom is -0.383 e. The number of aromatic nitrogens is 2. The molecule has 4 heteroatoms. The van der Waals surface area contributed by atoms with Crippen LogP contribution in [-0.2, 0) is 6.54 Å². The van der Waals surface area contributed by atoms with Gasteiger partial charge in [-0.1, -0.05) is 0 Å². The first kappa shape index (κ1) is 8.44. The SMILES string of the molecule is Cc1ncc(CNC2CC2)c(N)n1. The molecule has 1 heterocycles. The summed E-state index contributed by atoms with van der Waals surface area (Å²) in [7, 11) is 0. The fourth-order valence-electron chi connectivity index (χ4n) is 1.19. The summed E-state index contributed by atoms with van der Waals surface area (Å²) >= 11 is 0. The second-order valence-corrected chi connectivity index (χ2v) is 3.48. The van der Waals surface area contributed by atoms with Gasteiger partial charge in [-0.2, -0.15) is 0 Å². The van der Waals surface area contributed by atoms with Gasteiger partial charge in [-0.25, -0.2) is 9.97 Å². The standard InChI is InChI=1S/C9H14N4/c1-6-11-4-7(9(10)13-6)5-12-8-2-3-8/h4,8,12H,2-3,5H2,1H3,(H2,10,11,13). The molecule has 1 aromatic rings. The lowest BCUT2D eigenvalue weighted by Gasteiger charge is -2.05. The number of nitrogens with one attached hydrogen (secondary N) is 1. The lowest BCUT2D eigenvalue weighted by Crippen LogP contribution is -2.17. The first-order valence-corrected chi connectivity index (χ1v) is 4.57. The maximum Gasteiger partial charge on any atom is 0.131 e. The van der Waals surface area contributed by atoms with E-state index in [0.717, 1.165) is 17.9 Å². The van der Waals surface area contributed by atoms with Gasteiger partial charge in [0.1, 0.15) is 11.6 Å². The lowest BCUT2D eigenvalue weighted by molar-refractivity contribution is 0.684. The summed E-state index contributed by atoms with van der Waals surface area (Å²) in [6.45, 7) is 2.63. The Bertz CT molecular complexity index is 306. The molecule has 0 aliphatic heterocycles. The predicted molar refractivity (Wildman–Crippen MR) is 51.0 cm³/mol. The zero-order valence-corrected chi connectivity index (χ0v) is 7.75. The molecule has 2 rings (SSSR count). The number of nitrogens with two attached hydrogens (primary N) is 1. The molecule has 70 valence electrons. The van der Waals surface area contributed by atoms with Gasteiger partial charge in [0.15, 0.2) is 0 Å². The Hall–Kier alpha value is -1.16. The minimum absolute atomic E-state index is 0.598. The van der Waals surface area contributed by atoms with Crippen molar-refractivity contribution in [1.82, 2.24) is 15.3 Å². The molecule has 0 aromatic carbocycles. The van der Waals surface area contributed by atoms with E-state index in [1.54, 1.807) is 6.20 Å². The molecule has 1 aromatic heterocycles. The number of anilines is 1. The highest BCUT2D eigenvalue weighted by atomic mass is 15.0. The second-order valence-electron chi connectivity index (χ2n) is 3.48. The summed E-state index contributed by atoms with van der Waals surface area (Å²) in [5.74, 6) is 1.33. The number of hydrogen-bond acceptors (Lipinski definition) is 4. The van der Waals surface area contributed by atoms with E-state index in [1.807, 2.05) is 6.92 Å². The summed E-state index contributed by atoms with van der Waals surface area (Å²) < 4.78 is 0. The van der Waals surface area contributed by atoms with Crippen LogP contribution in [0, 0.1) is 6.92 Å². The smallest absolute Gasteiger partial charge is 0.131 e. The first-order valence-electron chi connectivity index (χ1n) is 4.57. The summed E-state index contributed by atoms with van der Waals surface area (Å²) in [4.78, 5) is 8.21. The van der Waals surface area contributed by atoms with Gasteiger partial charge in [0, 0.05) is 24.3 Å². The fraction of sp³-hybridized carbons (Fsp3) is 0.556. The van der Waals surface area contributed by atoms with Crippen molar-refractivity contribution in [1.29, 1.82) is 0 Å². The van der Waals surface area contributed by atoms with Crippen LogP contribution in [0.5, 0.6) is 0 Å². The Morgan fingerprint density at radius 1 is 1.62 bits per heavy atom. The molecule has 0 saturated heterocycles. The molecule has 0 bridgehead atoms. The van der Waals surface area contributed by atoms with Crippen LogP contribution in [0.25, 0.3) is 0 Å². The number of hydrogen-bond donors (Lipinski definition) is 2. The molecule has 1 aliphatic carbocycles. The van der Waals surface area contributed by atoms with Gasteiger partial charge in [-0.05, 0) is 19.8 Å². The molecular weight excluding hydrogens is 164 g/mol. The van der Waals surface area contributed by atoms with Crippen molar-refractivity contribution in [3.05, 3.63) is 17.6 Å². The third-order valence-corrected chi connectivity index (χ3v) is 2.18. The predicted octanol–water partition coefficient (Wildman–Crippen LogP) is 0.619. The van der Waals surface area contributed by atoms with E-state index in [4.69, 9.17) is 5.73 Å². The molecule has 13 heavy (non-hydrogen) atoms. The fourth-order valence-corrected chi connectivity index (χ4v) is 1.19. The molecule has 0 amide bonds. The maximum atomic E-state index is 5.74. The molecule has 3 N–H and O–H groups in total. The topological polar surface area (TPSA) is 63.8 Å². The maximum absolute atomic E-state index is 5.74. The number of aryl methyl sites for hydroxylation is 1. The average molecular weight is 178 g/mol. The molecule has 1 saturated carbocycles. The number of nitrogens with zero attached hydrogens (tertiary/aromatic N) is 2. The monoisotopic (exact) mass is 178 g/mol. The van der Waals surface area contributed by atoms with Crippen LogP contribution in [0.2, 0.25) is 0 Å². The van der Waals surface area contributed by atoms with E-state index in [2.05, 4.69) is 15.3 Å². The van der Waals surface area contributed by atoms with E-state index in [-0.39, 0.29) is 0 Å².